The van der Waals surface area contributed by atoms with Crippen LogP contribution in [0, 0.1) is 17.3 Å². The first-order chi connectivity index (χ1) is 18.4. The number of carbonyl (C=O) groups is 1. The van der Waals surface area contributed by atoms with Gasteiger partial charge in [0.05, 0.1) is 11.3 Å². The first-order valence-corrected chi connectivity index (χ1v) is 14.9. The molecule has 38 heavy (non-hydrogen) atoms. The Labute approximate surface area is 232 Å². The Hall–Kier alpha value is -2.15. The van der Waals surface area contributed by atoms with Gasteiger partial charge in [-0.2, -0.15) is 0 Å². The zero-order chi connectivity index (χ0) is 25.9. The molecule has 2 aromatic rings. The molecular weight excluding hydrogens is 542 g/mol. The summed E-state index contributed by atoms with van der Waals surface area (Å²) in [6, 6.07) is 12.7. The van der Waals surface area contributed by atoms with Crippen LogP contribution in [0.15, 0.2) is 53.0 Å². The maximum Gasteiger partial charge on any atom is 0.166 e. The van der Waals surface area contributed by atoms with Gasteiger partial charge < -0.3 is 14.2 Å². The van der Waals surface area contributed by atoms with E-state index < -0.39 is 5.60 Å². The predicted octanol–water partition coefficient (Wildman–Crippen LogP) is 5.62. The monoisotopic (exact) mass is 575 g/mol. The summed E-state index contributed by atoms with van der Waals surface area (Å²) in [5, 5.41) is 0. The second-order valence-corrected chi connectivity index (χ2v) is 13.3. The van der Waals surface area contributed by atoms with Crippen molar-refractivity contribution in [3.8, 4) is 11.5 Å². The van der Waals surface area contributed by atoms with Crippen molar-refractivity contribution < 1.29 is 19.0 Å². The van der Waals surface area contributed by atoms with Gasteiger partial charge in [0, 0.05) is 35.1 Å². The van der Waals surface area contributed by atoms with Gasteiger partial charge in [-0.05, 0) is 68.7 Å². The molecule has 0 N–H and O–H groups in total. The molecule has 2 heterocycles. The Morgan fingerprint density at radius 2 is 2.03 bits per heavy atom. The summed E-state index contributed by atoms with van der Waals surface area (Å²) in [4.78, 5) is 16.0. The number of likely N-dealkylation sites (tertiary alicyclic amines) is 1. The lowest BCUT2D eigenvalue weighted by Crippen LogP contribution is -2.79. The molecular formula is C32H34BrNO4. The Balaban J connectivity index is 1.32. The number of rotatable bonds is 7. The summed E-state index contributed by atoms with van der Waals surface area (Å²) >= 11 is 3.98. The second-order valence-electron chi connectivity index (χ2n) is 12.5. The number of ketones is 1. The minimum atomic E-state index is -0.770. The summed E-state index contributed by atoms with van der Waals surface area (Å²) in [7, 11) is 1.76. The maximum atomic E-state index is 13.2. The Bertz CT molecular complexity index is 1370. The fraction of sp³-hybridized carbons (Fsp3) is 0.531. The van der Waals surface area contributed by atoms with Gasteiger partial charge in [0.15, 0.2) is 11.5 Å². The molecule has 2 saturated carbocycles. The summed E-state index contributed by atoms with van der Waals surface area (Å²) < 4.78 is 21.1. The molecule has 0 radical (unpaired) electrons. The van der Waals surface area contributed by atoms with E-state index in [0.29, 0.717) is 12.6 Å². The first kappa shape index (κ1) is 23.7. The van der Waals surface area contributed by atoms with Crippen LogP contribution in [0.1, 0.15) is 49.3 Å². The van der Waals surface area contributed by atoms with E-state index in [-0.39, 0.29) is 28.6 Å². The SMILES string of the molecule is CO[C@@]12C=C[C@]3(C[C@H]1C(C)=O)C1Cc4c(Br)cc(OCc5ccccc5)c5c4[C@]3(CCN1CC1CC1)[C@@H]2O5. The lowest BCUT2D eigenvalue weighted by molar-refractivity contribution is -0.214. The molecule has 3 fully saturated rings. The van der Waals surface area contributed by atoms with Gasteiger partial charge in [-0.25, -0.2) is 0 Å². The van der Waals surface area contributed by atoms with E-state index in [2.05, 4.69) is 51.2 Å². The molecule has 0 aromatic heterocycles. The van der Waals surface area contributed by atoms with E-state index in [9.17, 15) is 4.79 Å². The lowest BCUT2D eigenvalue weighted by Gasteiger charge is -2.71. The van der Waals surface area contributed by atoms with Crippen molar-refractivity contribution in [3.63, 3.8) is 0 Å². The molecule has 6 atom stereocenters. The lowest BCUT2D eigenvalue weighted by atomic mass is 9.37. The summed E-state index contributed by atoms with van der Waals surface area (Å²) in [6.07, 6.45) is 9.91. The molecule has 5 nitrogen and oxygen atoms in total. The van der Waals surface area contributed by atoms with Gasteiger partial charge in [-0.15, -0.1) is 0 Å². The van der Waals surface area contributed by atoms with Crippen LogP contribution in [0.25, 0.3) is 0 Å². The van der Waals surface area contributed by atoms with Gasteiger partial charge in [0.1, 0.15) is 24.1 Å². The minimum Gasteiger partial charge on any atom is -0.485 e. The van der Waals surface area contributed by atoms with Gasteiger partial charge in [-0.3, -0.25) is 9.69 Å². The molecule has 0 amide bonds. The summed E-state index contributed by atoms with van der Waals surface area (Å²) in [5.74, 6) is 2.46. The number of hydrogen-bond donors (Lipinski definition) is 0. The van der Waals surface area contributed by atoms with E-state index in [1.54, 1.807) is 14.0 Å². The highest BCUT2D eigenvalue weighted by molar-refractivity contribution is 9.10. The van der Waals surface area contributed by atoms with E-state index in [0.717, 1.165) is 53.3 Å². The van der Waals surface area contributed by atoms with Crippen LogP contribution in [0.2, 0.25) is 0 Å². The van der Waals surface area contributed by atoms with Crippen LogP contribution in [-0.4, -0.2) is 48.6 Å². The molecule has 2 aromatic carbocycles. The van der Waals surface area contributed by atoms with Crippen molar-refractivity contribution in [1.82, 2.24) is 4.90 Å². The van der Waals surface area contributed by atoms with Crippen LogP contribution in [0.4, 0.5) is 0 Å². The zero-order valence-corrected chi connectivity index (χ0v) is 23.6. The second kappa shape index (κ2) is 7.96. The molecule has 7 aliphatic rings. The van der Waals surface area contributed by atoms with Gasteiger partial charge in [0.2, 0.25) is 0 Å². The van der Waals surface area contributed by atoms with Crippen LogP contribution in [-0.2, 0) is 28.0 Å². The van der Waals surface area contributed by atoms with E-state index in [1.807, 2.05) is 18.2 Å². The molecule has 5 aliphatic carbocycles. The molecule has 2 aliphatic heterocycles. The standard InChI is InChI=1S/C32H34BrNO4/c1-19(35)23-16-30-10-11-32(23,36-2)29-31(30)12-13-34(17-20-8-9-20)26(30)14-22-24(33)15-25(28(38-29)27(22)31)37-18-21-6-4-3-5-7-21/h3-7,10-11,15,20,23,26,29H,8-9,12-14,16-18H2,1-2H3/t23-,26?,29-,30-,31+,32-/m0/s1. The number of hydrogen-bond acceptors (Lipinski definition) is 5. The van der Waals surface area contributed by atoms with Crippen molar-refractivity contribution in [2.24, 2.45) is 17.3 Å². The van der Waals surface area contributed by atoms with Crippen LogP contribution in [0.5, 0.6) is 11.5 Å². The van der Waals surface area contributed by atoms with Crippen molar-refractivity contribution >= 4 is 21.7 Å². The number of fused-ring (bicyclic) bond motifs is 1. The van der Waals surface area contributed by atoms with Gasteiger partial charge in [0.25, 0.3) is 0 Å². The number of halogens is 1. The molecule has 2 spiro atoms. The Morgan fingerprint density at radius 1 is 1.21 bits per heavy atom. The number of piperidine rings is 1. The third-order valence-corrected chi connectivity index (χ3v) is 11.6. The Kier molecular flexibility index (Phi) is 4.96. The number of nitrogens with zero attached hydrogens (tertiary/aromatic N) is 1. The molecule has 198 valence electrons. The summed E-state index contributed by atoms with van der Waals surface area (Å²) in [5.41, 5.74) is 2.64. The predicted molar refractivity (Wildman–Crippen MR) is 148 cm³/mol. The maximum absolute atomic E-state index is 13.2. The minimum absolute atomic E-state index is 0.156. The highest BCUT2D eigenvalue weighted by atomic mass is 79.9. The molecule has 1 unspecified atom stereocenters. The average Bonchev–Trinajstić information content (AvgIpc) is 3.68. The molecule has 1 saturated heterocycles. The average molecular weight is 577 g/mol. The quantitative estimate of drug-likeness (QED) is 0.401. The van der Waals surface area contributed by atoms with Crippen molar-refractivity contribution in [2.75, 3.05) is 20.2 Å². The largest absolute Gasteiger partial charge is 0.485 e. The number of methoxy groups -OCH3 is 1. The molecule has 9 rings (SSSR count). The van der Waals surface area contributed by atoms with Crippen molar-refractivity contribution in [3.05, 3.63) is 69.7 Å². The number of ether oxygens (including phenoxy) is 3. The highest BCUT2D eigenvalue weighted by Crippen LogP contribution is 2.75. The van der Waals surface area contributed by atoms with E-state index in [1.165, 1.54) is 30.5 Å². The van der Waals surface area contributed by atoms with Gasteiger partial charge in [-0.1, -0.05) is 58.4 Å². The Morgan fingerprint density at radius 3 is 2.76 bits per heavy atom. The van der Waals surface area contributed by atoms with E-state index >= 15 is 0 Å². The fourth-order valence-corrected chi connectivity index (χ4v) is 9.68. The number of benzene rings is 2. The van der Waals surface area contributed by atoms with Crippen molar-refractivity contribution in [2.45, 2.75) is 68.8 Å². The van der Waals surface area contributed by atoms with Crippen molar-refractivity contribution in [1.29, 1.82) is 0 Å². The summed E-state index contributed by atoms with van der Waals surface area (Å²) in [6.45, 7) is 4.45. The third kappa shape index (κ3) is 2.82. The van der Waals surface area contributed by atoms with Gasteiger partial charge >= 0.3 is 0 Å². The van der Waals surface area contributed by atoms with Crippen LogP contribution >= 0.6 is 15.9 Å². The van der Waals surface area contributed by atoms with Crippen LogP contribution < -0.4 is 9.47 Å². The normalized spacial score (nSPS) is 37.6. The topological polar surface area (TPSA) is 48.0 Å². The zero-order valence-electron chi connectivity index (χ0n) is 22.0. The highest BCUT2D eigenvalue weighted by Gasteiger charge is 2.79. The fourth-order valence-electron chi connectivity index (χ4n) is 9.11. The third-order valence-electron chi connectivity index (χ3n) is 10.9. The van der Waals surface area contributed by atoms with E-state index in [4.69, 9.17) is 14.2 Å². The smallest absolute Gasteiger partial charge is 0.166 e. The number of Topliss-reactive ketones (excluding diaryl/α,β-unsaturated/α-hetero) is 1. The molecule has 6 heteroatoms. The first-order valence-electron chi connectivity index (χ1n) is 14.1. The van der Waals surface area contributed by atoms with Crippen LogP contribution in [0.3, 0.4) is 0 Å². The molecule has 4 bridgehead atoms. The number of carbonyl (C=O) groups excluding carboxylic acids is 1.